The van der Waals surface area contributed by atoms with Crippen LogP contribution in [0.2, 0.25) is 0 Å². The summed E-state index contributed by atoms with van der Waals surface area (Å²) in [6.07, 6.45) is 5.32. The number of nitrogens with zero attached hydrogens (tertiary/aromatic N) is 4. The van der Waals surface area contributed by atoms with E-state index in [0.29, 0.717) is 23.7 Å². The van der Waals surface area contributed by atoms with E-state index in [4.69, 9.17) is 9.40 Å². The topological polar surface area (TPSA) is 76.2 Å². The first-order chi connectivity index (χ1) is 16.6. The molecule has 1 amide bonds. The number of carbonyl (C=O) groups is 1. The highest BCUT2D eigenvalue weighted by molar-refractivity contribution is 6.06. The van der Waals surface area contributed by atoms with Gasteiger partial charge < -0.3 is 14.6 Å². The molecule has 0 unspecified atom stereocenters. The first kappa shape index (κ1) is 22.3. The molecule has 7 heteroatoms. The highest BCUT2D eigenvalue weighted by atomic mass is 16.3. The fraction of sp³-hybridized carbons (Fsp3) is 0.370. The number of piperidine rings is 1. The molecule has 1 fully saturated rings. The summed E-state index contributed by atoms with van der Waals surface area (Å²) in [6, 6.07) is 15.8. The first-order valence-electron chi connectivity index (χ1n) is 12.0. The quantitative estimate of drug-likeness (QED) is 0.439. The Kier molecular flexibility index (Phi) is 6.45. The Morgan fingerprint density at radius 3 is 2.65 bits per heavy atom. The zero-order valence-corrected chi connectivity index (χ0v) is 19.8. The lowest BCUT2D eigenvalue weighted by molar-refractivity contribution is 0.0909. The normalized spacial score (nSPS) is 15.3. The van der Waals surface area contributed by atoms with Crippen LogP contribution in [-0.2, 0) is 6.54 Å². The second kappa shape index (κ2) is 9.81. The molecule has 1 aromatic carbocycles. The van der Waals surface area contributed by atoms with E-state index in [-0.39, 0.29) is 11.9 Å². The van der Waals surface area contributed by atoms with Crippen LogP contribution in [0.5, 0.6) is 0 Å². The maximum Gasteiger partial charge on any atom is 0.252 e. The molecule has 7 nitrogen and oxygen atoms in total. The molecule has 1 saturated heterocycles. The molecule has 0 bridgehead atoms. The third-order valence-corrected chi connectivity index (χ3v) is 6.36. The Balaban J connectivity index is 1.43. The van der Waals surface area contributed by atoms with Crippen molar-refractivity contribution in [2.45, 2.75) is 39.3 Å². The van der Waals surface area contributed by atoms with Crippen molar-refractivity contribution in [2.75, 3.05) is 19.6 Å². The number of benzene rings is 1. The maximum absolute atomic E-state index is 13.5. The zero-order valence-electron chi connectivity index (χ0n) is 19.8. The number of nitrogens with one attached hydrogen (secondary N) is 1. The van der Waals surface area contributed by atoms with Crippen molar-refractivity contribution in [3.05, 3.63) is 72.3 Å². The monoisotopic (exact) mass is 457 g/mol. The fourth-order valence-corrected chi connectivity index (χ4v) is 4.70. The van der Waals surface area contributed by atoms with Crippen molar-refractivity contribution in [3.63, 3.8) is 0 Å². The summed E-state index contributed by atoms with van der Waals surface area (Å²) in [4.78, 5) is 20.9. The summed E-state index contributed by atoms with van der Waals surface area (Å²) in [5, 5.41) is 8.58. The van der Waals surface area contributed by atoms with Crippen LogP contribution in [0.1, 0.15) is 42.8 Å². The molecule has 1 aliphatic rings. The van der Waals surface area contributed by atoms with Gasteiger partial charge in [0.05, 0.1) is 29.1 Å². The van der Waals surface area contributed by atoms with E-state index in [0.717, 1.165) is 54.9 Å². The van der Waals surface area contributed by atoms with Crippen molar-refractivity contribution >= 4 is 16.9 Å². The van der Waals surface area contributed by atoms with Crippen molar-refractivity contribution < 1.29 is 9.21 Å². The standard InChI is InChI=1S/C27H31N5O2/c1-19(2)17-31-12-10-21(11-13-31)29-27(33)23-15-25(20-7-4-3-5-8-20)30-26-24(23)16-28-32(26)18-22-9-6-14-34-22/h3-9,14-16,19,21H,10-13,17-18H2,1-2H3,(H,29,33). The van der Waals surface area contributed by atoms with Crippen molar-refractivity contribution in [2.24, 2.45) is 5.92 Å². The number of aromatic nitrogens is 3. The van der Waals surface area contributed by atoms with Gasteiger partial charge in [-0.2, -0.15) is 5.10 Å². The van der Waals surface area contributed by atoms with Gasteiger partial charge in [0, 0.05) is 31.2 Å². The van der Waals surface area contributed by atoms with Gasteiger partial charge in [0.2, 0.25) is 0 Å². The molecule has 1 N–H and O–H groups in total. The minimum atomic E-state index is -0.0653. The average Bonchev–Trinajstić information content (AvgIpc) is 3.50. The van der Waals surface area contributed by atoms with Gasteiger partial charge in [0.1, 0.15) is 12.3 Å². The number of hydrogen-bond donors (Lipinski definition) is 1. The number of rotatable bonds is 7. The van der Waals surface area contributed by atoms with Crippen LogP contribution in [0.15, 0.2) is 65.4 Å². The van der Waals surface area contributed by atoms with E-state index >= 15 is 0 Å². The highest BCUT2D eigenvalue weighted by Crippen LogP contribution is 2.26. The second-order valence-electron chi connectivity index (χ2n) is 9.48. The van der Waals surface area contributed by atoms with Crippen LogP contribution in [0.3, 0.4) is 0 Å². The number of fused-ring (bicyclic) bond motifs is 1. The molecule has 4 aromatic rings. The molecular weight excluding hydrogens is 426 g/mol. The van der Waals surface area contributed by atoms with Crippen LogP contribution in [0.25, 0.3) is 22.3 Å². The molecule has 0 aliphatic carbocycles. The first-order valence-corrected chi connectivity index (χ1v) is 12.0. The zero-order chi connectivity index (χ0) is 23.5. The summed E-state index contributed by atoms with van der Waals surface area (Å²) in [5.41, 5.74) is 3.01. The van der Waals surface area contributed by atoms with Gasteiger partial charge >= 0.3 is 0 Å². The average molecular weight is 458 g/mol. The summed E-state index contributed by atoms with van der Waals surface area (Å²) in [6.45, 7) is 8.10. The fourth-order valence-electron chi connectivity index (χ4n) is 4.70. The Morgan fingerprint density at radius 2 is 1.94 bits per heavy atom. The lowest BCUT2D eigenvalue weighted by atomic mass is 10.0. The van der Waals surface area contributed by atoms with Crippen molar-refractivity contribution in [1.82, 2.24) is 25.0 Å². The molecule has 1 aliphatic heterocycles. The van der Waals surface area contributed by atoms with Crippen LogP contribution in [0, 0.1) is 5.92 Å². The van der Waals surface area contributed by atoms with Gasteiger partial charge in [-0.25, -0.2) is 9.67 Å². The van der Waals surface area contributed by atoms with E-state index in [9.17, 15) is 4.79 Å². The van der Waals surface area contributed by atoms with Crippen LogP contribution in [0.4, 0.5) is 0 Å². The van der Waals surface area contributed by atoms with Crippen molar-refractivity contribution in [1.29, 1.82) is 0 Å². The van der Waals surface area contributed by atoms with Crippen LogP contribution < -0.4 is 5.32 Å². The molecule has 0 saturated carbocycles. The molecule has 4 heterocycles. The minimum Gasteiger partial charge on any atom is -0.467 e. The Bertz CT molecular complexity index is 1240. The highest BCUT2D eigenvalue weighted by Gasteiger charge is 2.24. The van der Waals surface area contributed by atoms with Gasteiger partial charge in [0.15, 0.2) is 5.65 Å². The Hall–Kier alpha value is -3.45. The van der Waals surface area contributed by atoms with E-state index in [1.54, 1.807) is 17.1 Å². The number of hydrogen-bond acceptors (Lipinski definition) is 5. The predicted octanol–water partition coefficient (Wildman–Crippen LogP) is 4.59. The molecule has 3 aromatic heterocycles. The summed E-state index contributed by atoms with van der Waals surface area (Å²) < 4.78 is 7.30. The van der Waals surface area contributed by atoms with Gasteiger partial charge in [-0.05, 0) is 37.0 Å². The molecule has 0 atom stereocenters. The van der Waals surface area contributed by atoms with Crippen LogP contribution >= 0.6 is 0 Å². The SMILES string of the molecule is CC(C)CN1CCC(NC(=O)c2cc(-c3ccccc3)nc3c2cnn3Cc2ccco2)CC1. The maximum atomic E-state index is 13.5. The van der Waals surface area contributed by atoms with Gasteiger partial charge in [0.25, 0.3) is 5.91 Å². The van der Waals surface area contributed by atoms with Gasteiger partial charge in [-0.3, -0.25) is 4.79 Å². The predicted molar refractivity (Wildman–Crippen MR) is 133 cm³/mol. The lowest BCUT2D eigenvalue weighted by Gasteiger charge is -2.33. The second-order valence-corrected chi connectivity index (χ2v) is 9.48. The lowest BCUT2D eigenvalue weighted by Crippen LogP contribution is -2.45. The third kappa shape index (κ3) is 4.89. The number of carbonyl (C=O) groups excluding carboxylic acids is 1. The molecular formula is C27H31N5O2. The Morgan fingerprint density at radius 1 is 1.15 bits per heavy atom. The molecule has 176 valence electrons. The van der Waals surface area contributed by atoms with E-state index in [1.165, 1.54) is 0 Å². The van der Waals surface area contributed by atoms with Crippen LogP contribution in [-0.4, -0.2) is 51.2 Å². The Labute approximate surface area is 199 Å². The van der Waals surface area contributed by atoms with Gasteiger partial charge in [-0.15, -0.1) is 0 Å². The number of amides is 1. The number of likely N-dealkylation sites (tertiary alicyclic amines) is 1. The molecule has 5 rings (SSSR count). The summed E-state index contributed by atoms with van der Waals surface area (Å²) in [5.74, 6) is 1.38. The molecule has 0 radical (unpaired) electrons. The molecule has 34 heavy (non-hydrogen) atoms. The van der Waals surface area contributed by atoms with E-state index < -0.39 is 0 Å². The smallest absolute Gasteiger partial charge is 0.252 e. The number of furan rings is 1. The van der Waals surface area contributed by atoms with E-state index in [2.05, 4.69) is 29.2 Å². The third-order valence-electron chi connectivity index (χ3n) is 6.36. The summed E-state index contributed by atoms with van der Waals surface area (Å²) in [7, 11) is 0. The van der Waals surface area contributed by atoms with Gasteiger partial charge in [-0.1, -0.05) is 44.2 Å². The largest absolute Gasteiger partial charge is 0.467 e. The summed E-state index contributed by atoms with van der Waals surface area (Å²) >= 11 is 0. The molecule has 0 spiro atoms. The van der Waals surface area contributed by atoms with Crippen molar-refractivity contribution in [3.8, 4) is 11.3 Å². The van der Waals surface area contributed by atoms with E-state index in [1.807, 2.05) is 48.5 Å². The minimum absolute atomic E-state index is 0.0653. The number of pyridine rings is 1.